The van der Waals surface area contributed by atoms with Gasteiger partial charge in [-0.05, 0) is 23.8 Å². The molecule has 4 nitrogen and oxygen atoms in total. The summed E-state index contributed by atoms with van der Waals surface area (Å²) in [5.41, 5.74) is 0.896. The first-order valence-electron chi connectivity index (χ1n) is 6.00. The molecular weight excluding hydrogens is 281 g/mol. The number of hydrogen-bond acceptors (Lipinski definition) is 3. The normalized spacial score (nSPS) is 11.5. The summed E-state index contributed by atoms with van der Waals surface area (Å²) in [5.74, 6) is -0.432. The van der Waals surface area contributed by atoms with Crippen LogP contribution in [0.1, 0.15) is 0 Å². The van der Waals surface area contributed by atoms with Crippen molar-refractivity contribution in [2.45, 2.75) is 4.90 Å². The van der Waals surface area contributed by atoms with E-state index >= 15 is 0 Å². The quantitative estimate of drug-likeness (QED) is 0.883. The Morgan fingerprint density at radius 1 is 1.10 bits per heavy atom. The molecule has 2 rings (SSSR count). The van der Waals surface area contributed by atoms with E-state index in [0.29, 0.717) is 11.1 Å². The van der Waals surface area contributed by atoms with E-state index in [1.54, 1.807) is 24.3 Å². The summed E-state index contributed by atoms with van der Waals surface area (Å²) >= 11 is 0. The summed E-state index contributed by atoms with van der Waals surface area (Å²) in [7, 11) is -3.75. The van der Waals surface area contributed by atoms with Crippen molar-refractivity contribution in [3.05, 3.63) is 54.3 Å². The fourth-order valence-corrected chi connectivity index (χ4v) is 3.10. The molecular formula is C14H14FNO3S. The minimum atomic E-state index is -3.75. The molecule has 0 spiro atoms. The Morgan fingerprint density at radius 3 is 2.55 bits per heavy atom. The largest absolute Gasteiger partial charge is 0.395 e. The SMILES string of the molecule is O=S(=O)(NCCO)c1ccccc1-c1cccc(F)c1. The van der Waals surface area contributed by atoms with Crippen LogP contribution in [0.3, 0.4) is 0 Å². The summed E-state index contributed by atoms with van der Waals surface area (Å²) in [5, 5.41) is 8.72. The molecule has 0 unspecified atom stereocenters. The number of halogens is 1. The summed E-state index contributed by atoms with van der Waals surface area (Å²) in [6, 6.07) is 12.1. The molecule has 2 N–H and O–H groups in total. The number of nitrogens with one attached hydrogen (secondary N) is 1. The van der Waals surface area contributed by atoms with Gasteiger partial charge in [-0.25, -0.2) is 17.5 Å². The average molecular weight is 295 g/mol. The first-order valence-corrected chi connectivity index (χ1v) is 7.48. The number of rotatable bonds is 5. The number of sulfonamides is 1. The maximum absolute atomic E-state index is 13.3. The summed E-state index contributed by atoms with van der Waals surface area (Å²) in [6.45, 7) is -0.360. The van der Waals surface area contributed by atoms with Gasteiger partial charge in [0.25, 0.3) is 0 Å². The second kappa shape index (κ2) is 6.13. The van der Waals surface area contributed by atoms with Crippen molar-refractivity contribution in [2.75, 3.05) is 13.2 Å². The van der Waals surface area contributed by atoms with Crippen molar-refractivity contribution in [1.29, 1.82) is 0 Å². The lowest BCUT2D eigenvalue weighted by atomic mass is 10.1. The molecule has 0 saturated carbocycles. The molecule has 0 saturated heterocycles. The van der Waals surface area contributed by atoms with Gasteiger partial charge in [-0.1, -0.05) is 30.3 Å². The number of aliphatic hydroxyl groups excluding tert-OH is 1. The van der Waals surface area contributed by atoms with Crippen LogP contribution in [-0.2, 0) is 10.0 Å². The lowest BCUT2D eigenvalue weighted by Crippen LogP contribution is -2.27. The Balaban J connectivity index is 2.51. The minimum Gasteiger partial charge on any atom is -0.395 e. The smallest absolute Gasteiger partial charge is 0.241 e. The molecule has 0 aromatic heterocycles. The van der Waals surface area contributed by atoms with E-state index in [1.165, 1.54) is 24.3 Å². The van der Waals surface area contributed by atoms with Crippen molar-refractivity contribution in [1.82, 2.24) is 4.72 Å². The zero-order chi connectivity index (χ0) is 14.6. The monoisotopic (exact) mass is 295 g/mol. The van der Waals surface area contributed by atoms with Gasteiger partial charge in [0.2, 0.25) is 10.0 Å². The third-order valence-electron chi connectivity index (χ3n) is 2.72. The molecule has 2 aromatic carbocycles. The molecule has 106 valence electrons. The maximum Gasteiger partial charge on any atom is 0.241 e. The Hall–Kier alpha value is -1.76. The Bertz CT molecular complexity index is 701. The van der Waals surface area contributed by atoms with Gasteiger partial charge >= 0.3 is 0 Å². The van der Waals surface area contributed by atoms with Crippen molar-refractivity contribution in [3.8, 4) is 11.1 Å². The first-order chi connectivity index (χ1) is 9.54. The van der Waals surface area contributed by atoms with Gasteiger partial charge in [-0.2, -0.15) is 0 Å². The lowest BCUT2D eigenvalue weighted by molar-refractivity contribution is 0.301. The standard InChI is InChI=1S/C14H14FNO3S/c15-12-5-3-4-11(10-12)13-6-1-2-7-14(13)20(18,19)16-8-9-17/h1-7,10,16-17H,8-9H2. The molecule has 0 amide bonds. The fraction of sp³-hybridized carbons (Fsp3) is 0.143. The van der Waals surface area contributed by atoms with E-state index in [-0.39, 0.29) is 18.0 Å². The highest BCUT2D eigenvalue weighted by Crippen LogP contribution is 2.27. The van der Waals surface area contributed by atoms with E-state index in [9.17, 15) is 12.8 Å². The van der Waals surface area contributed by atoms with Crippen LogP contribution in [0, 0.1) is 5.82 Å². The van der Waals surface area contributed by atoms with E-state index in [2.05, 4.69) is 4.72 Å². The lowest BCUT2D eigenvalue weighted by Gasteiger charge is -2.11. The van der Waals surface area contributed by atoms with Crippen LogP contribution in [0.25, 0.3) is 11.1 Å². The molecule has 0 bridgehead atoms. The molecule has 20 heavy (non-hydrogen) atoms. The minimum absolute atomic E-state index is 0.0547. The van der Waals surface area contributed by atoms with Gasteiger partial charge in [-0.3, -0.25) is 0 Å². The molecule has 6 heteroatoms. The molecule has 0 heterocycles. The van der Waals surface area contributed by atoms with Crippen LogP contribution in [0.2, 0.25) is 0 Å². The van der Waals surface area contributed by atoms with Crippen molar-refractivity contribution >= 4 is 10.0 Å². The summed E-state index contributed by atoms with van der Waals surface area (Å²) in [4.78, 5) is 0.0547. The topological polar surface area (TPSA) is 66.4 Å². The third kappa shape index (κ3) is 3.22. The molecule has 0 atom stereocenters. The highest BCUT2D eigenvalue weighted by Gasteiger charge is 2.18. The van der Waals surface area contributed by atoms with Crippen LogP contribution in [-0.4, -0.2) is 26.7 Å². The third-order valence-corrected chi connectivity index (χ3v) is 4.24. The van der Waals surface area contributed by atoms with Crippen LogP contribution in [0.5, 0.6) is 0 Å². The number of benzene rings is 2. The molecule has 0 radical (unpaired) electrons. The van der Waals surface area contributed by atoms with Gasteiger partial charge < -0.3 is 5.11 Å². The average Bonchev–Trinajstić information content (AvgIpc) is 2.45. The Labute approximate surface area is 116 Å². The molecule has 0 aliphatic rings. The Morgan fingerprint density at radius 2 is 1.85 bits per heavy atom. The number of hydrogen-bond donors (Lipinski definition) is 2. The van der Waals surface area contributed by atoms with Crippen LogP contribution < -0.4 is 4.72 Å². The predicted molar refractivity (Wildman–Crippen MR) is 74.1 cm³/mol. The second-order valence-corrected chi connectivity index (χ2v) is 5.86. The second-order valence-electron chi connectivity index (χ2n) is 4.13. The van der Waals surface area contributed by atoms with E-state index in [0.717, 1.165) is 0 Å². The molecule has 2 aromatic rings. The summed E-state index contributed by atoms with van der Waals surface area (Å²) < 4.78 is 39.9. The van der Waals surface area contributed by atoms with E-state index in [1.807, 2.05) is 0 Å². The zero-order valence-electron chi connectivity index (χ0n) is 10.6. The maximum atomic E-state index is 13.3. The number of aliphatic hydroxyl groups is 1. The Kier molecular flexibility index (Phi) is 4.49. The molecule has 0 aliphatic heterocycles. The van der Waals surface area contributed by atoms with Crippen LogP contribution >= 0.6 is 0 Å². The predicted octanol–water partition coefficient (Wildman–Crippen LogP) is 1.76. The van der Waals surface area contributed by atoms with Crippen LogP contribution in [0.4, 0.5) is 4.39 Å². The van der Waals surface area contributed by atoms with Gasteiger partial charge in [0.1, 0.15) is 5.82 Å². The zero-order valence-corrected chi connectivity index (χ0v) is 11.4. The fourth-order valence-electron chi connectivity index (χ4n) is 1.85. The highest BCUT2D eigenvalue weighted by molar-refractivity contribution is 7.89. The van der Waals surface area contributed by atoms with Crippen LogP contribution in [0.15, 0.2) is 53.4 Å². The van der Waals surface area contributed by atoms with Crippen molar-refractivity contribution in [3.63, 3.8) is 0 Å². The highest BCUT2D eigenvalue weighted by atomic mass is 32.2. The van der Waals surface area contributed by atoms with E-state index < -0.39 is 15.8 Å². The van der Waals surface area contributed by atoms with Crippen molar-refractivity contribution < 1.29 is 17.9 Å². The van der Waals surface area contributed by atoms with Gasteiger partial charge in [0.15, 0.2) is 0 Å². The molecule has 0 fully saturated rings. The summed E-state index contributed by atoms with van der Waals surface area (Å²) in [6.07, 6.45) is 0. The molecule has 0 aliphatic carbocycles. The first kappa shape index (κ1) is 14.6. The van der Waals surface area contributed by atoms with Gasteiger partial charge in [0, 0.05) is 12.1 Å². The van der Waals surface area contributed by atoms with Gasteiger partial charge in [0.05, 0.1) is 11.5 Å². The van der Waals surface area contributed by atoms with E-state index in [4.69, 9.17) is 5.11 Å². The van der Waals surface area contributed by atoms with Crippen molar-refractivity contribution in [2.24, 2.45) is 0 Å². The van der Waals surface area contributed by atoms with Gasteiger partial charge in [-0.15, -0.1) is 0 Å².